The molecule has 0 aliphatic carbocycles. The second kappa shape index (κ2) is 6.11. The van der Waals surface area contributed by atoms with Crippen LogP contribution in [0.25, 0.3) is 0 Å². The summed E-state index contributed by atoms with van der Waals surface area (Å²) in [5, 5.41) is 2.99. The molecule has 0 bridgehead atoms. The highest BCUT2D eigenvalue weighted by Gasteiger charge is 2.25. The van der Waals surface area contributed by atoms with Crippen LogP contribution in [0, 0.1) is 5.92 Å². The van der Waals surface area contributed by atoms with E-state index in [4.69, 9.17) is 0 Å². The number of aromatic nitrogens is 2. The molecule has 0 spiro atoms. The van der Waals surface area contributed by atoms with Gasteiger partial charge in [-0.2, -0.15) is 0 Å². The van der Waals surface area contributed by atoms with Crippen LogP contribution in [0.1, 0.15) is 25.0 Å². The molecule has 0 radical (unpaired) electrons. The van der Waals surface area contributed by atoms with Crippen LogP contribution in [-0.2, 0) is 22.6 Å². The van der Waals surface area contributed by atoms with Crippen molar-refractivity contribution in [3.05, 3.63) is 42.5 Å². The summed E-state index contributed by atoms with van der Waals surface area (Å²) in [6.45, 7) is 1.61. The lowest BCUT2D eigenvalue weighted by molar-refractivity contribution is -0.120. The Labute approximate surface area is 140 Å². The van der Waals surface area contributed by atoms with Crippen molar-refractivity contribution in [2.24, 2.45) is 5.92 Å². The van der Waals surface area contributed by atoms with Crippen LogP contribution in [0.15, 0.2) is 36.8 Å². The molecule has 124 valence electrons. The van der Waals surface area contributed by atoms with Crippen molar-refractivity contribution in [1.29, 1.82) is 0 Å². The summed E-state index contributed by atoms with van der Waals surface area (Å²) < 4.78 is 2.10. The average Bonchev–Trinajstić information content (AvgIpc) is 3.23. The smallest absolute Gasteiger partial charge is 0.227 e. The highest BCUT2D eigenvalue weighted by Crippen LogP contribution is 2.25. The number of nitrogens with one attached hydrogen (secondary N) is 1. The van der Waals surface area contributed by atoms with Crippen molar-refractivity contribution in [2.75, 3.05) is 16.8 Å². The number of hydrogen-bond donors (Lipinski definition) is 1. The molecular weight excluding hydrogens is 304 g/mol. The molecule has 2 amide bonds. The van der Waals surface area contributed by atoms with Crippen LogP contribution >= 0.6 is 0 Å². The van der Waals surface area contributed by atoms with E-state index in [0.29, 0.717) is 6.42 Å². The summed E-state index contributed by atoms with van der Waals surface area (Å²) in [4.78, 5) is 30.2. The first-order valence-corrected chi connectivity index (χ1v) is 8.41. The summed E-state index contributed by atoms with van der Waals surface area (Å²) in [6, 6.07) is 7.53. The SMILES string of the molecule is O=C(Nc1ccc(N2CCCC2=O)cc1)C1CCn2cncc2C1. The van der Waals surface area contributed by atoms with Crippen LogP contribution in [0.5, 0.6) is 0 Å². The van der Waals surface area contributed by atoms with Gasteiger partial charge >= 0.3 is 0 Å². The molecule has 2 aromatic rings. The minimum atomic E-state index is -0.0194. The molecule has 1 unspecified atom stereocenters. The monoisotopic (exact) mass is 324 g/mol. The number of imidazole rings is 1. The van der Waals surface area contributed by atoms with Gasteiger partial charge in [-0.3, -0.25) is 9.59 Å². The number of aryl methyl sites for hydroxylation is 1. The molecular formula is C18H20N4O2. The summed E-state index contributed by atoms with van der Waals surface area (Å²) >= 11 is 0. The minimum Gasteiger partial charge on any atom is -0.335 e. The standard InChI is InChI=1S/C18H20N4O2/c23-17-2-1-8-22(17)15-5-3-14(4-6-15)20-18(24)13-7-9-21-12-19-11-16(21)10-13/h3-6,11-13H,1-2,7-10H2,(H,20,24). The molecule has 1 aromatic heterocycles. The maximum atomic E-state index is 12.5. The predicted molar refractivity (Wildman–Crippen MR) is 90.7 cm³/mol. The second-order valence-corrected chi connectivity index (χ2v) is 6.45. The molecule has 0 saturated carbocycles. The van der Waals surface area contributed by atoms with Crippen molar-refractivity contribution in [3.8, 4) is 0 Å². The van der Waals surface area contributed by atoms with E-state index in [2.05, 4.69) is 14.9 Å². The Balaban J connectivity index is 1.40. The third-order valence-electron chi connectivity index (χ3n) is 4.86. The zero-order valence-corrected chi connectivity index (χ0v) is 13.4. The maximum Gasteiger partial charge on any atom is 0.227 e. The van der Waals surface area contributed by atoms with Crippen molar-refractivity contribution in [3.63, 3.8) is 0 Å². The number of fused-ring (bicyclic) bond motifs is 1. The lowest BCUT2D eigenvalue weighted by Gasteiger charge is -2.23. The highest BCUT2D eigenvalue weighted by molar-refractivity contribution is 5.96. The molecule has 2 aliphatic heterocycles. The Bertz CT molecular complexity index is 766. The third-order valence-corrected chi connectivity index (χ3v) is 4.86. The van der Waals surface area contributed by atoms with Gasteiger partial charge < -0.3 is 14.8 Å². The zero-order chi connectivity index (χ0) is 16.5. The van der Waals surface area contributed by atoms with Gasteiger partial charge in [0.15, 0.2) is 0 Å². The molecule has 1 atom stereocenters. The number of carbonyl (C=O) groups excluding carboxylic acids is 2. The molecule has 2 aliphatic rings. The van der Waals surface area contributed by atoms with Crippen molar-refractivity contribution >= 4 is 23.2 Å². The molecule has 1 aromatic carbocycles. The minimum absolute atomic E-state index is 0.0194. The third kappa shape index (κ3) is 2.79. The Morgan fingerprint density at radius 2 is 2.04 bits per heavy atom. The molecule has 6 heteroatoms. The van der Waals surface area contributed by atoms with Gasteiger partial charge in [0.1, 0.15) is 0 Å². The molecule has 1 N–H and O–H groups in total. The Morgan fingerprint density at radius 1 is 1.21 bits per heavy atom. The Morgan fingerprint density at radius 3 is 2.79 bits per heavy atom. The summed E-state index contributed by atoms with van der Waals surface area (Å²) in [6.07, 6.45) is 6.75. The van der Waals surface area contributed by atoms with Gasteiger partial charge in [0.05, 0.1) is 6.33 Å². The van der Waals surface area contributed by atoms with Gasteiger partial charge in [-0.05, 0) is 37.1 Å². The molecule has 6 nitrogen and oxygen atoms in total. The number of benzene rings is 1. The lowest BCUT2D eigenvalue weighted by atomic mass is 9.95. The van der Waals surface area contributed by atoms with Crippen molar-refractivity contribution < 1.29 is 9.59 Å². The predicted octanol–water partition coefficient (Wildman–Crippen LogP) is 2.21. The second-order valence-electron chi connectivity index (χ2n) is 6.45. The fourth-order valence-electron chi connectivity index (χ4n) is 3.48. The average molecular weight is 324 g/mol. The van der Waals surface area contributed by atoms with Gasteiger partial charge in [0, 0.05) is 55.1 Å². The summed E-state index contributed by atoms with van der Waals surface area (Å²) in [5.41, 5.74) is 2.79. The van der Waals surface area contributed by atoms with Crippen LogP contribution in [0.3, 0.4) is 0 Å². The maximum absolute atomic E-state index is 12.5. The Kier molecular flexibility index (Phi) is 3.80. The van der Waals surface area contributed by atoms with E-state index >= 15 is 0 Å². The fraction of sp³-hybridized carbons (Fsp3) is 0.389. The molecule has 3 heterocycles. The van der Waals surface area contributed by atoms with E-state index in [1.807, 2.05) is 36.8 Å². The fourth-order valence-corrected chi connectivity index (χ4v) is 3.48. The molecule has 1 saturated heterocycles. The first-order valence-electron chi connectivity index (χ1n) is 8.41. The zero-order valence-electron chi connectivity index (χ0n) is 13.4. The van der Waals surface area contributed by atoms with Gasteiger partial charge in [-0.1, -0.05) is 0 Å². The number of amides is 2. The number of rotatable bonds is 3. The van der Waals surface area contributed by atoms with Crippen LogP contribution in [-0.4, -0.2) is 27.9 Å². The molecule has 4 rings (SSSR count). The number of anilines is 2. The summed E-state index contributed by atoms with van der Waals surface area (Å²) in [5.74, 6) is 0.201. The van der Waals surface area contributed by atoms with E-state index in [1.54, 1.807) is 4.90 Å². The van der Waals surface area contributed by atoms with E-state index in [-0.39, 0.29) is 17.7 Å². The van der Waals surface area contributed by atoms with Gasteiger partial charge in [-0.25, -0.2) is 4.98 Å². The van der Waals surface area contributed by atoms with E-state index in [9.17, 15) is 9.59 Å². The quantitative estimate of drug-likeness (QED) is 0.941. The lowest BCUT2D eigenvalue weighted by Crippen LogP contribution is -2.30. The number of hydrogen-bond acceptors (Lipinski definition) is 3. The van der Waals surface area contributed by atoms with Gasteiger partial charge in [0.25, 0.3) is 0 Å². The van der Waals surface area contributed by atoms with E-state index < -0.39 is 0 Å². The first-order chi connectivity index (χ1) is 11.7. The van der Waals surface area contributed by atoms with Crippen LogP contribution in [0.2, 0.25) is 0 Å². The molecule has 24 heavy (non-hydrogen) atoms. The molecule has 1 fully saturated rings. The van der Waals surface area contributed by atoms with Crippen molar-refractivity contribution in [2.45, 2.75) is 32.2 Å². The van der Waals surface area contributed by atoms with Gasteiger partial charge in [-0.15, -0.1) is 0 Å². The van der Waals surface area contributed by atoms with E-state index in [0.717, 1.165) is 49.4 Å². The number of nitrogens with zero attached hydrogens (tertiary/aromatic N) is 3. The Hall–Kier alpha value is -2.63. The summed E-state index contributed by atoms with van der Waals surface area (Å²) in [7, 11) is 0. The normalized spacial score (nSPS) is 20.1. The van der Waals surface area contributed by atoms with Crippen LogP contribution < -0.4 is 10.2 Å². The number of carbonyl (C=O) groups is 2. The van der Waals surface area contributed by atoms with Crippen LogP contribution in [0.4, 0.5) is 11.4 Å². The topological polar surface area (TPSA) is 67.2 Å². The first kappa shape index (κ1) is 14.9. The van der Waals surface area contributed by atoms with Gasteiger partial charge in [0.2, 0.25) is 11.8 Å². The van der Waals surface area contributed by atoms with E-state index in [1.165, 1.54) is 0 Å². The largest absolute Gasteiger partial charge is 0.335 e. The van der Waals surface area contributed by atoms with Crippen molar-refractivity contribution in [1.82, 2.24) is 9.55 Å². The highest BCUT2D eigenvalue weighted by atomic mass is 16.2.